The molecule has 0 aromatic carbocycles. The van der Waals surface area contributed by atoms with Gasteiger partial charge in [0, 0.05) is 6.54 Å². The van der Waals surface area contributed by atoms with Crippen LogP contribution in [0.4, 0.5) is 0 Å². The van der Waals surface area contributed by atoms with Crippen LogP contribution in [0.15, 0.2) is 28.6 Å². The number of nitrogens with one attached hydrogen (secondary N) is 1. The number of halogens is 1. The Bertz CT molecular complexity index is 535. The van der Waals surface area contributed by atoms with Crippen molar-refractivity contribution in [2.45, 2.75) is 4.21 Å². The van der Waals surface area contributed by atoms with E-state index in [1.807, 2.05) is 0 Å². The Hall–Kier alpha value is -1.05. The molecule has 0 aliphatic heterocycles. The van der Waals surface area contributed by atoms with Crippen LogP contribution in [-0.2, 0) is 14.6 Å². The number of thiophene rings is 1. The van der Waals surface area contributed by atoms with E-state index in [0.29, 0.717) is 4.34 Å². The normalized spacial score (nSPS) is 11.1. The average molecular weight is 296 g/mol. The molecule has 0 bridgehead atoms. The Balaban J connectivity index is 2.57. The van der Waals surface area contributed by atoms with Crippen LogP contribution in [0.3, 0.4) is 0 Å². The molecule has 0 amide bonds. The van der Waals surface area contributed by atoms with Crippen LogP contribution in [0.1, 0.15) is 0 Å². The molecule has 0 radical (unpaired) electrons. The van der Waals surface area contributed by atoms with Crippen molar-refractivity contribution in [3.8, 4) is 0 Å². The fourth-order valence-corrected chi connectivity index (χ4v) is 3.77. The molecule has 1 aromatic heterocycles. The molecular formula is C9H10ClNO4S2. The van der Waals surface area contributed by atoms with Crippen LogP contribution in [0.25, 0.3) is 0 Å². The molecule has 1 rings (SSSR count). The van der Waals surface area contributed by atoms with E-state index in [4.69, 9.17) is 16.7 Å². The first-order valence-electron chi connectivity index (χ1n) is 4.47. The van der Waals surface area contributed by atoms with Gasteiger partial charge in [-0.15, -0.1) is 11.3 Å². The van der Waals surface area contributed by atoms with Gasteiger partial charge < -0.3 is 10.4 Å². The van der Waals surface area contributed by atoms with Gasteiger partial charge in [-0.25, -0.2) is 13.2 Å². The predicted molar refractivity (Wildman–Crippen MR) is 66.2 cm³/mol. The van der Waals surface area contributed by atoms with E-state index in [-0.39, 0.29) is 22.2 Å². The number of sulfone groups is 1. The van der Waals surface area contributed by atoms with Crippen molar-refractivity contribution in [3.63, 3.8) is 0 Å². The molecule has 8 heteroatoms. The van der Waals surface area contributed by atoms with E-state index >= 15 is 0 Å². The molecule has 0 spiro atoms. The van der Waals surface area contributed by atoms with Crippen LogP contribution < -0.4 is 5.32 Å². The summed E-state index contributed by atoms with van der Waals surface area (Å²) in [6, 6.07) is 2.93. The fourth-order valence-electron chi connectivity index (χ4n) is 0.977. The van der Waals surface area contributed by atoms with Crippen LogP contribution in [0.2, 0.25) is 4.34 Å². The smallest absolute Gasteiger partial charge is 0.351 e. The molecular weight excluding hydrogens is 286 g/mol. The summed E-state index contributed by atoms with van der Waals surface area (Å²) >= 11 is 6.61. The van der Waals surface area contributed by atoms with Crippen LogP contribution in [0.5, 0.6) is 0 Å². The first-order chi connectivity index (χ1) is 7.83. The minimum absolute atomic E-state index is 0.0109. The zero-order valence-electron chi connectivity index (χ0n) is 8.64. The third kappa shape index (κ3) is 4.03. The second-order valence-electron chi connectivity index (χ2n) is 3.09. The lowest BCUT2D eigenvalue weighted by atomic mass is 10.5. The van der Waals surface area contributed by atoms with Crippen LogP contribution >= 0.6 is 22.9 Å². The van der Waals surface area contributed by atoms with Crippen molar-refractivity contribution in [2.75, 3.05) is 12.3 Å². The van der Waals surface area contributed by atoms with Crippen molar-refractivity contribution in [3.05, 3.63) is 28.7 Å². The second-order valence-corrected chi connectivity index (χ2v) is 7.14. The van der Waals surface area contributed by atoms with Gasteiger partial charge in [0.1, 0.15) is 9.91 Å². The third-order valence-electron chi connectivity index (χ3n) is 1.82. The third-order valence-corrected chi connectivity index (χ3v) is 5.35. The first kappa shape index (κ1) is 14.0. The second kappa shape index (κ2) is 5.52. The number of carboxylic acid groups (broad SMARTS) is 1. The lowest BCUT2D eigenvalue weighted by molar-refractivity contribution is -0.133. The number of aliphatic carboxylic acids is 1. The van der Waals surface area contributed by atoms with Crippen LogP contribution in [0, 0.1) is 0 Å². The Morgan fingerprint density at radius 1 is 1.53 bits per heavy atom. The monoisotopic (exact) mass is 295 g/mol. The van der Waals surface area contributed by atoms with Gasteiger partial charge in [0.2, 0.25) is 0 Å². The van der Waals surface area contributed by atoms with Crippen molar-refractivity contribution in [2.24, 2.45) is 0 Å². The first-order valence-corrected chi connectivity index (χ1v) is 7.32. The zero-order chi connectivity index (χ0) is 13.1. The summed E-state index contributed by atoms with van der Waals surface area (Å²) in [5, 5.41) is 10.9. The average Bonchev–Trinajstić information content (AvgIpc) is 2.65. The highest BCUT2D eigenvalue weighted by Crippen LogP contribution is 2.26. The van der Waals surface area contributed by atoms with E-state index in [0.717, 1.165) is 11.3 Å². The summed E-state index contributed by atoms with van der Waals surface area (Å²) < 4.78 is 24.0. The molecule has 1 heterocycles. The van der Waals surface area contributed by atoms with Gasteiger partial charge in [-0.05, 0) is 12.1 Å². The lowest BCUT2D eigenvalue weighted by Gasteiger charge is -2.05. The molecule has 0 fully saturated rings. The maximum Gasteiger partial charge on any atom is 0.351 e. The van der Waals surface area contributed by atoms with Crippen LogP contribution in [-0.4, -0.2) is 31.8 Å². The molecule has 0 unspecified atom stereocenters. The molecule has 1 aromatic rings. The molecule has 17 heavy (non-hydrogen) atoms. The number of carboxylic acids is 1. The maximum absolute atomic E-state index is 11.7. The molecule has 2 N–H and O–H groups in total. The number of hydrogen-bond donors (Lipinski definition) is 2. The zero-order valence-corrected chi connectivity index (χ0v) is 11.0. The SMILES string of the molecule is C=C(NCCS(=O)(=O)c1ccc(Cl)s1)C(=O)O. The van der Waals surface area contributed by atoms with Crippen molar-refractivity contribution >= 4 is 38.7 Å². The molecule has 5 nitrogen and oxygen atoms in total. The van der Waals surface area contributed by atoms with Crippen molar-refractivity contribution in [1.29, 1.82) is 0 Å². The number of carbonyl (C=O) groups is 1. The standard InChI is InChI=1S/C9H10ClNO4S2/c1-6(9(12)13)11-4-5-17(14,15)8-3-2-7(10)16-8/h2-3,11H,1,4-5H2,(H,12,13). The molecule has 0 saturated heterocycles. The van der Waals surface area contributed by atoms with E-state index in [1.54, 1.807) is 0 Å². The number of rotatable bonds is 6. The maximum atomic E-state index is 11.7. The Morgan fingerprint density at radius 3 is 2.65 bits per heavy atom. The topological polar surface area (TPSA) is 83.5 Å². The molecule has 0 aliphatic rings. The highest BCUT2D eigenvalue weighted by atomic mass is 35.5. The van der Waals surface area contributed by atoms with Gasteiger partial charge in [0.15, 0.2) is 9.84 Å². The van der Waals surface area contributed by atoms with Gasteiger partial charge in [0.25, 0.3) is 0 Å². The Labute approximate surface area is 108 Å². The van der Waals surface area contributed by atoms with Crippen molar-refractivity contribution in [1.82, 2.24) is 5.32 Å². The summed E-state index contributed by atoms with van der Waals surface area (Å²) in [6.45, 7) is 3.22. The minimum Gasteiger partial charge on any atom is -0.477 e. The molecule has 0 atom stereocenters. The van der Waals surface area contributed by atoms with E-state index < -0.39 is 15.8 Å². The highest BCUT2D eigenvalue weighted by molar-refractivity contribution is 7.93. The molecule has 0 saturated carbocycles. The van der Waals surface area contributed by atoms with Crippen molar-refractivity contribution < 1.29 is 18.3 Å². The predicted octanol–water partition coefficient (Wildman–Crippen LogP) is 1.36. The lowest BCUT2D eigenvalue weighted by Crippen LogP contribution is -2.25. The molecule has 0 aliphatic carbocycles. The van der Waals surface area contributed by atoms with Gasteiger partial charge in [-0.2, -0.15) is 0 Å². The van der Waals surface area contributed by atoms with Gasteiger partial charge in [-0.1, -0.05) is 18.2 Å². The van der Waals surface area contributed by atoms with E-state index in [1.165, 1.54) is 12.1 Å². The van der Waals surface area contributed by atoms with E-state index in [2.05, 4.69) is 11.9 Å². The Kier molecular flexibility index (Phi) is 4.55. The summed E-state index contributed by atoms with van der Waals surface area (Å²) in [4.78, 5) is 10.4. The summed E-state index contributed by atoms with van der Waals surface area (Å²) in [6.07, 6.45) is 0. The van der Waals surface area contributed by atoms with Gasteiger partial charge in [-0.3, -0.25) is 0 Å². The van der Waals surface area contributed by atoms with Gasteiger partial charge in [0.05, 0.1) is 10.1 Å². The largest absolute Gasteiger partial charge is 0.477 e. The summed E-state index contributed by atoms with van der Waals surface area (Å²) in [7, 11) is -3.42. The van der Waals surface area contributed by atoms with E-state index in [9.17, 15) is 13.2 Å². The van der Waals surface area contributed by atoms with Gasteiger partial charge >= 0.3 is 5.97 Å². The summed E-state index contributed by atoms with van der Waals surface area (Å²) in [5.74, 6) is -1.42. The quantitative estimate of drug-likeness (QED) is 0.774. The number of hydrogen-bond acceptors (Lipinski definition) is 5. The Morgan fingerprint density at radius 2 is 2.18 bits per heavy atom. The highest BCUT2D eigenvalue weighted by Gasteiger charge is 2.16. The minimum atomic E-state index is -3.42. The fraction of sp³-hybridized carbons (Fsp3) is 0.222. The summed E-state index contributed by atoms with van der Waals surface area (Å²) in [5.41, 5.74) is -0.232. The molecule has 94 valence electrons.